The van der Waals surface area contributed by atoms with E-state index in [1.807, 2.05) is 39.8 Å². The second-order valence-corrected chi connectivity index (χ2v) is 7.45. The van der Waals surface area contributed by atoms with Gasteiger partial charge in [0.15, 0.2) is 0 Å². The van der Waals surface area contributed by atoms with Gasteiger partial charge in [0, 0.05) is 24.2 Å². The number of anilines is 1. The molecule has 0 saturated carbocycles. The topological polar surface area (TPSA) is 41.6 Å². The normalized spacial score (nSPS) is 18.5. The predicted octanol–water partition coefficient (Wildman–Crippen LogP) is 4.72. The molecule has 1 aromatic rings. The van der Waals surface area contributed by atoms with Gasteiger partial charge in [0.2, 0.25) is 0 Å². The summed E-state index contributed by atoms with van der Waals surface area (Å²) < 4.78 is 5.39. The van der Waals surface area contributed by atoms with Crippen LogP contribution in [0.15, 0.2) is 12.1 Å². The Kier molecular flexibility index (Phi) is 5.13. The zero-order chi connectivity index (χ0) is 16.5. The van der Waals surface area contributed by atoms with Crippen molar-refractivity contribution in [3.05, 3.63) is 27.7 Å². The summed E-state index contributed by atoms with van der Waals surface area (Å²) in [5.74, 6) is 0. The van der Waals surface area contributed by atoms with Crippen LogP contribution in [0.5, 0.6) is 0 Å². The SMILES string of the molecule is Cc1cc(Cl)c(NC2CCN(C(=O)OC(C)(C)C)C2)cc1Cl. The second kappa shape index (κ2) is 6.55. The third-order valence-corrected chi connectivity index (χ3v) is 4.17. The number of ether oxygens (including phenoxy) is 1. The lowest BCUT2D eigenvalue weighted by molar-refractivity contribution is 0.0293. The van der Waals surface area contributed by atoms with Crippen LogP contribution in [0, 0.1) is 6.92 Å². The first kappa shape index (κ1) is 17.2. The third kappa shape index (κ3) is 4.43. The molecule has 1 fully saturated rings. The molecule has 6 heteroatoms. The molecule has 1 heterocycles. The summed E-state index contributed by atoms with van der Waals surface area (Å²) in [6.45, 7) is 8.78. The van der Waals surface area contributed by atoms with Crippen LogP contribution in [0.1, 0.15) is 32.8 Å². The van der Waals surface area contributed by atoms with Crippen LogP contribution in [0.2, 0.25) is 10.0 Å². The summed E-state index contributed by atoms with van der Waals surface area (Å²) >= 11 is 12.4. The summed E-state index contributed by atoms with van der Waals surface area (Å²) in [5.41, 5.74) is 1.27. The van der Waals surface area contributed by atoms with Crippen molar-refractivity contribution in [3.63, 3.8) is 0 Å². The van der Waals surface area contributed by atoms with Gasteiger partial charge in [-0.15, -0.1) is 0 Å². The van der Waals surface area contributed by atoms with Crippen molar-refractivity contribution in [2.75, 3.05) is 18.4 Å². The number of nitrogens with zero attached hydrogens (tertiary/aromatic N) is 1. The Morgan fingerprint density at radius 3 is 2.64 bits per heavy atom. The van der Waals surface area contributed by atoms with Crippen LogP contribution in [-0.4, -0.2) is 35.7 Å². The minimum absolute atomic E-state index is 0.142. The smallest absolute Gasteiger partial charge is 0.410 e. The molecule has 1 N–H and O–H groups in total. The first-order chi connectivity index (χ1) is 10.2. The summed E-state index contributed by atoms with van der Waals surface area (Å²) in [4.78, 5) is 13.8. The van der Waals surface area contributed by atoms with Gasteiger partial charge >= 0.3 is 6.09 Å². The first-order valence-corrected chi connectivity index (χ1v) is 8.11. The number of rotatable bonds is 2. The quantitative estimate of drug-likeness (QED) is 0.843. The molecule has 1 unspecified atom stereocenters. The van der Waals surface area contributed by atoms with E-state index in [1.165, 1.54) is 0 Å². The number of amides is 1. The fraction of sp³-hybridized carbons (Fsp3) is 0.562. The van der Waals surface area contributed by atoms with Gasteiger partial charge in [-0.3, -0.25) is 0 Å². The minimum atomic E-state index is -0.476. The Balaban J connectivity index is 1.97. The first-order valence-electron chi connectivity index (χ1n) is 7.36. The highest BCUT2D eigenvalue weighted by atomic mass is 35.5. The maximum Gasteiger partial charge on any atom is 0.410 e. The molecule has 1 aliphatic heterocycles. The summed E-state index contributed by atoms with van der Waals surface area (Å²) in [6, 6.07) is 3.81. The molecular weight excluding hydrogens is 323 g/mol. The largest absolute Gasteiger partial charge is 0.444 e. The van der Waals surface area contributed by atoms with Gasteiger partial charge in [-0.25, -0.2) is 4.79 Å². The van der Waals surface area contributed by atoms with Crippen molar-refractivity contribution in [1.82, 2.24) is 4.90 Å². The predicted molar refractivity (Wildman–Crippen MR) is 91.0 cm³/mol. The van der Waals surface area contributed by atoms with Crippen molar-refractivity contribution in [1.29, 1.82) is 0 Å². The molecule has 0 radical (unpaired) electrons. The molecule has 0 bridgehead atoms. The number of hydrogen-bond donors (Lipinski definition) is 1. The number of benzene rings is 1. The Labute approximate surface area is 141 Å². The van der Waals surface area contributed by atoms with Crippen molar-refractivity contribution in [2.45, 2.75) is 45.8 Å². The van der Waals surface area contributed by atoms with Gasteiger partial charge < -0.3 is 15.0 Å². The standard InChI is InChI=1S/C16H22Cl2N2O2/c1-10-7-13(18)14(8-12(10)17)19-11-5-6-20(9-11)15(21)22-16(2,3)4/h7-8,11,19H,5-6,9H2,1-4H3. The lowest BCUT2D eigenvalue weighted by atomic mass is 10.2. The van der Waals surface area contributed by atoms with Crippen molar-refractivity contribution >= 4 is 35.0 Å². The van der Waals surface area contributed by atoms with E-state index in [0.29, 0.717) is 23.1 Å². The van der Waals surface area contributed by atoms with Gasteiger partial charge in [-0.2, -0.15) is 0 Å². The minimum Gasteiger partial charge on any atom is -0.444 e. The molecule has 122 valence electrons. The van der Waals surface area contributed by atoms with Gasteiger partial charge in [0.25, 0.3) is 0 Å². The van der Waals surface area contributed by atoms with E-state index < -0.39 is 5.60 Å². The lowest BCUT2D eigenvalue weighted by Gasteiger charge is -2.24. The number of nitrogens with one attached hydrogen (secondary N) is 1. The van der Waals surface area contributed by atoms with Crippen LogP contribution in [0.4, 0.5) is 10.5 Å². The second-order valence-electron chi connectivity index (χ2n) is 6.64. The van der Waals surface area contributed by atoms with E-state index in [1.54, 1.807) is 4.90 Å². The molecule has 0 aromatic heterocycles. The van der Waals surface area contributed by atoms with Crippen LogP contribution in [0.25, 0.3) is 0 Å². The molecule has 1 amide bonds. The van der Waals surface area contributed by atoms with Crippen LogP contribution >= 0.6 is 23.2 Å². The number of aryl methyl sites for hydroxylation is 1. The molecule has 2 rings (SSSR count). The van der Waals surface area contributed by atoms with Crippen molar-refractivity contribution < 1.29 is 9.53 Å². The number of carbonyl (C=O) groups is 1. The van der Waals surface area contributed by atoms with Crippen molar-refractivity contribution in [2.24, 2.45) is 0 Å². The highest BCUT2D eigenvalue weighted by Gasteiger charge is 2.30. The molecule has 0 spiro atoms. The van der Waals surface area contributed by atoms with Gasteiger partial charge in [-0.05, 0) is 51.8 Å². The Morgan fingerprint density at radius 2 is 2.00 bits per heavy atom. The number of carbonyl (C=O) groups excluding carboxylic acids is 1. The van der Waals surface area contributed by atoms with Crippen LogP contribution in [0.3, 0.4) is 0 Å². The third-order valence-electron chi connectivity index (χ3n) is 3.45. The highest BCUT2D eigenvalue weighted by Crippen LogP contribution is 2.30. The maximum absolute atomic E-state index is 12.1. The molecule has 0 aliphatic carbocycles. The van der Waals surface area contributed by atoms with Gasteiger partial charge in [-0.1, -0.05) is 23.2 Å². The number of halogens is 2. The van der Waals surface area contributed by atoms with Gasteiger partial charge in [0.05, 0.1) is 10.7 Å². The average molecular weight is 345 g/mol. The van der Waals surface area contributed by atoms with Crippen LogP contribution < -0.4 is 5.32 Å². The Morgan fingerprint density at radius 1 is 1.32 bits per heavy atom. The zero-order valence-corrected chi connectivity index (χ0v) is 14.9. The lowest BCUT2D eigenvalue weighted by Crippen LogP contribution is -2.36. The molecule has 1 aromatic carbocycles. The molecule has 4 nitrogen and oxygen atoms in total. The molecule has 1 atom stereocenters. The highest BCUT2D eigenvalue weighted by molar-refractivity contribution is 6.35. The van der Waals surface area contributed by atoms with E-state index in [9.17, 15) is 4.79 Å². The number of hydrogen-bond acceptors (Lipinski definition) is 3. The summed E-state index contributed by atoms with van der Waals surface area (Å²) in [5, 5.41) is 4.67. The zero-order valence-electron chi connectivity index (χ0n) is 13.4. The number of likely N-dealkylation sites (tertiary alicyclic amines) is 1. The molecule has 1 aliphatic rings. The van der Waals surface area contributed by atoms with E-state index in [0.717, 1.165) is 17.7 Å². The van der Waals surface area contributed by atoms with Crippen molar-refractivity contribution in [3.8, 4) is 0 Å². The molecular formula is C16H22Cl2N2O2. The Bertz CT molecular complexity index is 570. The summed E-state index contributed by atoms with van der Waals surface area (Å²) in [7, 11) is 0. The van der Waals surface area contributed by atoms with E-state index in [-0.39, 0.29) is 12.1 Å². The fourth-order valence-electron chi connectivity index (χ4n) is 2.35. The van der Waals surface area contributed by atoms with Crippen LogP contribution in [-0.2, 0) is 4.74 Å². The monoisotopic (exact) mass is 344 g/mol. The Hall–Kier alpha value is -1.13. The van der Waals surface area contributed by atoms with E-state index in [4.69, 9.17) is 27.9 Å². The fourth-order valence-corrected chi connectivity index (χ4v) is 2.78. The average Bonchev–Trinajstić information content (AvgIpc) is 2.82. The molecule has 1 saturated heterocycles. The summed E-state index contributed by atoms with van der Waals surface area (Å²) in [6.07, 6.45) is 0.575. The molecule has 22 heavy (non-hydrogen) atoms. The maximum atomic E-state index is 12.1. The van der Waals surface area contributed by atoms with E-state index in [2.05, 4.69) is 5.32 Å². The van der Waals surface area contributed by atoms with Gasteiger partial charge in [0.1, 0.15) is 5.60 Å². The van der Waals surface area contributed by atoms with E-state index >= 15 is 0 Å².